The van der Waals surface area contributed by atoms with Crippen LogP contribution in [0.15, 0.2) is 0 Å². The molecule has 0 rings (SSSR count). The van der Waals surface area contributed by atoms with Gasteiger partial charge in [0.1, 0.15) is 12.6 Å². The molecule has 0 aromatic carbocycles. The second-order valence-corrected chi connectivity index (χ2v) is 8.15. The van der Waals surface area contributed by atoms with Gasteiger partial charge in [-0.3, -0.25) is 0 Å². The first kappa shape index (κ1) is 35.2. The lowest BCUT2D eigenvalue weighted by atomic mass is 10.0. The summed E-state index contributed by atoms with van der Waals surface area (Å²) in [6, 6.07) is 0. The van der Waals surface area contributed by atoms with Crippen LogP contribution in [-0.2, 0) is 4.74 Å². The molecule has 0 heterocycles. The molecule has 0 amide bonds. The van der Waals surface area contributed by atoms with E-state index in [2.05, 4.69) is 25.7 Å². The highest BCUT2D eigenvalue weighted by Crippen LogP contribution is 2.11. The monoisotopic (exact) mass is 411 g/mol. The molecule has 0 aromatic heterocycles. The van der Waals surface area contributed by atoms with Crippen molar-refractivity contribution >= 4 is 0 Å². The van der Waals surface area contributed by atoms with E-state index in [-0.39, 0.29) is 12.7 Å². The SMILES string of the molecule is CC.CCC.CCC(C)C(CO)OCC(O)C[N+](C)(C)C.CN(C)CCCO. The Labute approximate surface area is 177 Å². The van der Waals surface area contributed by atoms with Crippen molar-refractivity contribution < 1.29 is 24.5 Å². The summed E-state index contributed by atoms with van der Waals surface area (Å²) in [4.78, 5) is 2.05. The molecule has 3 atom stereocenters. The molecule has 6 heteroatoms. The maximum atomic E-state index is 9.76. The van der Waals surface area contributed by atoms with Crippen LogP contribution < -0.4 is 0 Å². The Morgan fingerprint density at radius 2 is 1.46 bits per heavy atom. The van der Waals surface area contributed by atoms with Crippen molar-refractivity contribution in [2.45, 2.75) is 73.0 Å². The Hall–Kier alpha value is -0.240. The predicted molar refractivity (Wildman–Crippen MR) is 123 cm³/mol. The van der Waals surface area contributed by atoms with E-state index in [0.717, 1.165) is 19.4 Å². The zero-order valence-corrected chi connectivity index (χ0v) is 21.0. The summed E-state index contributed by atoms with van der Waals surface area (Å²) in [5, 5.41) is 27.2. The van der Waals surface area contributed by atoms with E-state index < -0.39 is 6.10 Å². The van der Waals surface area contributed by atoms with Gasteiger partial charge in [0.2, 0.25) is 0 Å². The van der Waals surface area contributed by atoms with Crippen molar-refractivity contribution in [1.82, 2.24) is 4.90 Å². The van der Waals surface area contributed by atoms with E-state index in [1.807, 2.05) is 56.0 Å². The van der Waals surface area contributed by atoms with Gasteiger partial charge in [0.15, 0.2) is 0 Å². The number of nitrogens with zero attached hydrogens (tertiary/aromatic N) is 2. The Balaban J connectivity index is -0.000000199. The fraction of sp³-hybridized carbons (Fsp3) is 1.00. The van der Waals surface area contributed by atoms with Crippen molar-refractivity contribution in [3.63, 3.8) is 0 Å². The molecule has 0 radical (unpaired) electrons. The summed E-state index contributed by atoms with van der Waals surface area (Å²) in [7, 11) is 10.1. The fourth-order valence-electron chi connectivity index (χ4n) is 1.97. The van der Waals surface area contributed by atoms with Crippen LogP contribution in [0.5, 0.6) is 0 Å². The number of hydrogen-bond acceptors (Lipinski definition) is 5. The van der Waals surface area contributed by atoms with E-state index in [4.69, 9.17) is 14.9 Å². The molecule has 0 fully saturated rings. The predicted octanol–water partition coefficient (Wildman–Crippen LogP) is 2.85. The van der Waals surface area contributed by atoms with Gasteiger partial charge in [0, 0.05) is 6.61 Å². The molecule has 0 aliphatic carbocycles. The van der Waals surface area contributed by atoms with Crippen molar-refractivity contribution in [3.05, 3.63) is 0 Å². The van der Waals surface area contributed by atoms with Crippen LogP contribution in [-0.4, -0.2) is 105 Å². The molecule has 176 valence electrons. The van der Waals surface area contributed by atoms with E-state index in [1.165, 1.54) is 6.42 Å². The number of quaternary nitrogens is 1. The van der Waals surface area contributed by atoms with Gasteiger partial charge in [-0.1, -0.05) is 54.4 Å². The summed E-state index contributed by atoms with van der Waals surface area (Å²) in [5.74, 6) is 0.321. The smallest absolute Gasteiger partial charge is 0.126 e. The third kappa shape index (κ3) is 33.4. The normalized spacial score (nSPS) is 13.8. The van der Waals surface area contributed by atoms with Crippen molar-refractivity contribution in [1.29, 1.82) is 0 Å². The zero-order valence-electron chi connectivity index (χ0n) is 21.0. The molecule has 0 aliphatic rings. The van der Waals surface area contributed by atoms with E-state index >= 15 is 0 Å². The molecule has 3 N–H and O–H groups in total. The Morgan fingerprint density at radius 1 is 1.00 bits per heavy atom. The first-order valence-corrected chi connectivity index (χ1v) is 10.9. The van der Waals surface area contributed by atoms with E-state index in [1.54, 1.807) is 0 Å². The van der Waals surface area contributed by atoms with Crippen LogP contribution in [0.25, 0.3) is 0 Å². The fourth-order valence-corrected chi connectivity index (χ4v) is 1.97. The van der Waals surface area contributed by atoms with Crippen molar-refractivity contribution in [2.75, 3.05) is 68.1 Å². The zero-order chi connectivity index (χ0) is 23.2. The minimum Gasteiger partial charge on any atom is -0.396 e. The maximum absolute atomic E-state index is 9.76. The Bertz CT molecular complexity index is 272. The molecule has 0 aromatic rings. The summed E-state index contributed by atoms with van der Waals surface area (Å²) in [5.41, 5.74) is 0. The molecule has 0 saturated heterocycles. The van der Waals surface area contributed by atoms with Gasteiger partial charge in [0.05, 0.1) is 40.5 Å². The molecule has 0 saturated carbocycles. The minimum atomic E-state index is -0.474. The molecule has 28 heavy (non-hydrogen) atoms. The highest BCUT2D eigenvalue weighted by atomic mass is 16.5. The van der Waals surface area contributed by atoms with E-state index in [0.29, 0.717) is 30.2 Å². The van der Waals surface area contributed by atoms with Crippen LogP contribution in [0.3, 0.4) is 0 Å². The number of rotatable bonds is 11. The van der Waals surface area contributed by atoms with Gasteiger partial charge in [-0.15, -0.1) is 0 Å². The lowest BCUT2D eigenvalue weighted by Crippen LogP contribution is -2.43. The second-order valence-electron chi connectivity index (χ2n) is 8.15. The molecule has 6 nitrogen and oxygen atoms in total. The third-order valence-electron chi connectivity index (χ3n) is 3.48. The molecule has 0 spiro atoms. The van der Waals surface area contributed by atoms with Gasteiger partial charge in [-0.05, 0) is 33.0 Å². The average Bonchev–Trinajstić information content (AvgIpc) is 2.61. The first-order valence-electron chi connectivity index (χ1n) is 10.9. The summed E-state index contributed by atoms with van der Waals surface area (Å²) >= 11 is 0. The number of ether oxygens (including phenoxy) is 1. The number of likely N-dealkylation sites (N-methyl/N-ethyl adjacent to an activating group) is 1. The molecule has 3 unspecified atom stereocenters. The third-order valence-corrected chi connectivity index (χ3v) is 3.48. The van der Waals surface area contributed by atoms with Crippen molar-refractivity contribution in [3.8, 4) is 0 Å². The quantitative estimate of drug-likeness (QED) is 0.456. The number of aliphatic hydroxyl groups excluding tert-OH is 3. The van der Waals surface area contributed by atoms with Crippen LogP contribution in [0.2, 0.25) is 0 Å². The summed E-state index contributed by atoms with van der Waals surface area (Å²) in [6.07, 6.45) is 2.47. The van der Waals surface area contributed by atoms with Crippen LogP contribution in [0, 0.1) is 5.92 Å². The molecule has 0 aliphatic heterocycles. The lowest BCUT2D eigenvalue weighted by molar-refractivity contribution is -0.873. The first-order chi connectivity index (χ1) is 13.0. The van der Waals surface area contributed by atoms with Gasteiger partial charge >= 0.3 is 0 Å². The summed E-state index contributed by atoms with van der Waals surface area (Å²) in [6.45, 7) is 14.6. The topological polar surface area (TPSA) is 73.2 Å². The largest absolute Gasteiger partial charge is 0.396 e. The standard InChI is InChI=1S/C12H28NO3.C5H13NO.C3H8.C2H6/c1-6-10(2)12(8-14)16-9-11(15)7-13(3,4)5;1-6(2)4-3-5-7;1-3-2;1-2/h10-12,14-15H,6-9H2,1-5H3;7H,3-5H2,1-2H3;3H2,1-2H3;1-2H3/q+1;;;. The maximum Gasteiger partial charge on any atom is 0.126 e. The number of hydrogen-bond donors (Lipinski definition) is 3. The van der Waals surface area contributed by atoms with Crippen LogP contribution >= 0.6 is 0 Å². The molecule has 0 bridgehead atoms. The van der Waals surface area contributed by atoms with Gasteiger partial charge in [-0.25, -0.2) is 0 Å². The Morgan fingerprint density at radius 3 is 1.71 bits per heavy atom. The van der Waals surface area contributed by atoms with Gasteiger partial charge in [0.25, 0.3) is 0 Å². The minimum absolute atomic E-state index is 0.0199. The average molecular weight is 412 g/mol. The number of aliphatic hydroxyl groups is 3. The van der Waals surface area contributed by atoms with Crippen LogP contribution in [0.4, 0.5) is 0 Å². The highest BCUT2D eigenvalue weighted by molar-refractivity contribution is 4.65. The lowest BCUT2D eigenvalue weighted by Gasteiger charge is -2.28. The van der Waals surface area contributed by atoms with Crippen LogP contribution in [0.1, 0.15) is 60.8 Å². The highest BCUT2D eigenvalue weighted by Gasteiger charge is 2.20. The Kier molecular flexibility index (Phi) is 31.2. The molecular formula is C22H55N2O4+. The summed E-state index contributed by atoms with van der Waals surface area (Å²) < 4.78 is 6.25. The van der Waals surface area contributed by atoms with Gasteiger partial charge < -0.3 is 29.4 Å². The van der Waals surface area contributed by atoms with Crippen molar-refractivity contribution in [2.24, 2.45) is 5.92 Å². The van der Waals surface area contributed by atoms with Gasteiger partial charge in [-0.2, -0.15) is 0 Å². The molecular weight excluding hydrogens is 356 g/mol. The second kappa shape index (κ2) is 24.8. The van der Waals surface area contributed by atoms with E-state index in [9.17, 15) is 5.11 Å².